The Morgan fingerprint density at radius 2 is 1.44 bits per heavy atom. The molecule has 134 valence electrons. The minimum atomic E-state index is 0.0386. The van der Waals surface area contributed by atoms with Gasteiger partial charge in [-0.1, -0.05) is 68.4 Å². The van der Waals surface area contributed by atoms with Crippen molar-refractivity contribution in [1.29, 1.82) is 10.8 Å². The summed E-state index contributed by atoms with van der Waals surface area (Å²) in [6, 6.07) is 22.8. The molecule has 2 N–H and O–H groups in total. The minimum absolute atomic E-state index is 0.0386. The van der Waals surface area contributed by atoms with Gasteiger partial charge >= 0.3 is 0 Å². The van der Waals surface area contributed by atoms with E-state index in [1.165, 1.54) is 5.56 Å². The average Bonchev–Trinajstić information content (AvgIpc) is 2.69. The molecule has 0 fully saturated rings. The van der Waals surface area contributed by atoms with Gasteiger partial charge in [0.05, 0.1) is 5.52 Å². The van der Waals surface area contributed by atoms with Crippen molar-refractivity contribution in [1.82, 2.24) is 4.57 Å². The molecule has 0 radical (unpaired) electrons. The van der Waals surface area contributed by atoms with Gasteiger partial charge in [0.2, 0.25) is 0 Å². The molecule has 0 aliphatic heterocycles. The van der Waals surface area contributed by atoms with Crippen molar-refractivity contribution in [3.05, 3.63) is 77.8 Å². The van der Waals surface area contributed by atoms with Gasteiger partial charge in [-0.2, -0.15) is 0 Å². The quantitative estimate of drug-likeness (QED) is 0.263. The summed E-state index contributed by atoms with van der Waals surface area (Å²) < 4.78 is 1.81. The first-order valence-electron chi connectivity index (χ1n) is 9.26. The van der Waals surface area contributed by atoms with Crippen LogP contribution in [-0.2, 0) is 0 Å². The number of fused-ring (bicyclic) bond motifs is 3. The molecule has 4 rings (SSSR count). The molecule has 0 atom stereocenters. The standard InChI is InChI=1S/C24H23N3/c1-15(2)23(25)27-22-16(3)13-18(17-9-5-4-6-10-17)14-21(22)19-11-7-8-12-20(19)24(27)26/h4-15,25-26H,1-3H3. The Bertz CT molecular complexity index is 1230. The maximum atomic E-state index is 8.78. The van der Waals surface area contributed by atoms with E-state index in [1.807, 2.05) is 42.7 Å². The number of pyridine rings is 1. The van der Waals surface area contributed by atoms with E-state index in [9.17, 15) is 0 Å². The number of aromatic nitrogens is 1. The molecule has 3 nitrogen and oxygen atoms in total. The van der Waals surface area contributed by atoms with Gasteiger partial charge in [-0.3, -0.25) is 15.4 Å². The first-order chi connectivity index (χ1) is 13.0. The van der Waals surface area contributed by atoms with Crippen molar-refractivity contribution in [2.75, 3.05) is 0 Å². The highest BCUT2D eigenvalue weighted by Gasteiger charge is 2.16. The van der Waals surface area contributed by atoms with E-state index < -0.39 is 0 Å². The number of hydrogen-bond acceptors (Lipinski definition) is 2. The molecule has 1 heterocycles. The van der Waals surface area contributed by atoms with Crippen LogP contribution in [0.1, 0.15) is 19.4 Å². The number of nitrogens with zero attached hydrogens (tertiary/aromatic N) is 1. The van der Waals surface area contributed by atoms with Crippen molar-refractivity contribution >= 4 is 27.5 Å². The summed E-state index contributed by atoms with van der Waals surface area (Å²) in [4.78, 5) is 0. The van der Waals surface area contributed by atoms with Crippen LogP contribution in [0.25, 0.3) is 32.8 Å². The molecule has 3 aromatic carbocycles. The largest absolute Gasteiger partial charge is 0.288 e. The van der Waals surface area contributed by atoms with E-state index in [1.54, 1.807) is 0 Å². The molecule has 4 aromatic rings. The maximum Gasteiger partial charge on any atom is 0.138 e. The zero-order valence-corrected chi connectivity index (χ0v) is 15.9. The fraction of sp³-hybridized carbons (Fsp3) is 0.167. The Balaban J connectivity index is 2.20. The van der Waals surface area contributed by atoms with Gasteiger partial charge in [0.15, 0.2) is 0 Å². The Morgan fingerprint density at radius 1 is 0.815 bits per heavy atom. The van der Waals surface area contributed by atoms with Crippen LogP contribution in [0, 0.1) is 23.7 Å². The summed E-state index contributed by atoms with van der Waals surface area (Å²) in [5, 5.41) is 20.4. The molecule has 1 aromatic heterocycles. The lowest BCUT2D eigenvalue weighted by atomic mass is 9.96. The third-order valence-corrected chi connectivity index (χ3v) is 5.11. The monoisotopic (exact) mass is 353 g/mol. The van der Waals surface area contributed by atoms with Gasteiger partial charge in [0.25, 0.3) is 0 Å². The smallest absolute Gasteiger partial charge is 0.138 e. The second-order valence-electron chi connectivity index (χ2n) is 7.32. The summed E-state index contributed by atoms with van der Waals surface area (Å²) >= 11 is 0. The summed E-state index contributed by atoms with van der Waals surface area (Å²) in [7, 11) is 0. The van der Waals surface area contributed by atoms with Crippen LogP contribution in [0.2, 0.25) is 0 Å². The van der Waals surface area contributed by atoms with Crippen molar-refractivity contribution in [2.45, 2.75) is 20.8 Å². The summed E-state index contributed by atoms with van der Waals surface area (Å²) in [6.45, 7) is 6.08. The first-order valence-corrected chi connectivity index (χ1v) is 9.26. The van der Waals surface area contributed by atoms with E-state index >= 15 is 0 Å². The molecular formula is C24H23N3. The number of benzene rings is 3. The zero-order chi connectivity index (χ0) is 19.1. The molecule has 3 heteroatoms. The van der Waals surface area contributed by atoms with E-state index in [0.717, 1.165) is 32.8 Å². The molecule has 0 saturated heterocycles. The van der Waals surface area contributed by atoms with Crippen molar-refractivity contribution < 1.29 is 0 Å². The summed E-state index contributed by atoms with van der Waals surface area (Å²) in [6.07, 6.45) is 0. The van der Waals surface area contributed by atoms with E-state index in [0.29, 0.717) is 11.3 Å². The number of aryl methyl sites for hydroxylation is 1. The Hall–Kier alpha value is -3.20. The van der Waals surface area contributed by atoms with Crippen LogP contribution >= 0.6 is 0 Å². The van der Waals surface area contributed by atoms with E-state index in [4.69, 9.17) is 10.8 Å². The lowest BCUT2D eigenvalue weighted by Crippen LogP contribution is -2.31. The number of hydrogen-bond donors (Lipinski definition) is 2. The maximum absolute atomic E-state index is 8.78. The molecule has 0 bridgehead atoms. The second kappa shape index (κ2) is 6.51. The van der Waals surface area contributed by atoms with Gasteiger partial charge in [0.1, 0.15) is 11.3 Å². The third kappa shape index (κ3) is 2.76. The highest BCUT2D eigenvalue weighted by Crippen LogP contribution is 2.31. The molecule has 27 heavy (non-hydrogen) atoms. The van der Waals surface area contributed by atoms with Crippen LogP contribution in [0.3, 0.4) is 0 Å². The van der Waals surface area contributed by atoms with Crippen LogP contribution < -0.4 is 5.49 Å². The molecule has 0 amide bonds. The highest BCUT2D eigenvalue weighted by atomic mass is 15.0. The summed E-state index contributed by atoms with van der Waals surface area (Å²) in [5.74, 6) is 0.489. The Morgan fingerprint density at radius 3 is 2.11 bits per heavy atom. The topological polar surface area (TPSA) is 52.6 Å². The van der Waals surface area contributed by atoms with E-state index in [-0.39, 0.29) is 5.92 Å². The van der Waals surface area contributed by atoms with Gasteiger partial charge in [-0.25, -0.2) is 0 Å². The van der Waals surface area contributed by atoms with Crippen molar-refractivity contribution in [3.63, 3.8) is 0 Å². The van der Waals surface area contributed by atoms with Crippen LogP contribution in [0.5, 0.6) is 0 Å². The first kappa shape index (κ1) is 17.2. The zero-order valence-electron chi connectivity index (χ0n) is 15.9. The normalized spacial score (nSPS) is 11.4. The second-order valence-corrected chi connectivity index (χ2v) is 7.32. The number of nitrogens with one attached hydrogen (secondary N) is 2. The van der Waals surface area contributed by atoms with Gasteiger partial charge in [0, 0.05) is 16.7 Å². The van der Waals surface area contributed by atoms with Crippen molar-refractivity contribution in [3.8, 4) is 11.1 Å². The summed E-state index contributed by atoms with van der Waals surface area (Å²) in [5.41, 5.74) is 4.75. The number of rotatable bonds is 2. The molecule has 0 saturated carbocycles. The molecular weight excluding hydrogens is 330 g/mol. The van der Waals surface area contributed by atoms with Gasteiger partial charge in [-0.05, 0) is 41.1 Å². The SMILES string of the molecule is Cc1cc(-c2ccccc2)cc2c3ccccc3c(=N)n(C(=N)C(C)C)c12. The fourth-order valence-corrected chi connectivity index (χ4v) is 3.73. The van der Waals surface area contributed by atoms with Crippen LogP contribution in [0.4, 0.5) is 0 Å². The van der Waals surface area contributed by atoms with Gasteiger partial charge in [-0.15, -0.1) is 0 Å². The third-order valence-electron chi connectivity index (χ3n) is 5.11. The molecule has 0 unspecified atom stereocenters. The van der Waals surface area contributed by atoms with Gasteiger partial charge < -0.3 is 0 Å². The van der Waals surface area contributed by atoms with Crippen LogP contribution in [-0.4, -0.2) is 10.4 Å². The predicted octanol–water partition coefficient (Wildman–Crippen LogP) is 5.73. The lowest BCUT2D eigenvalue weighted by Gasteiger charge is -2.20. The van der Waals surface area contributed by atoms with Crippen LogP contribution in [0.15, 0.2) is 66.7 Å². The van der Waals surface area contributed by atoms with E-state index in [2.05, 4.69) is 49.4 Å². The molecule has 0 aliphatic carbocycles. The minimum Gasteiger partial charge on any atom is -0.288 e. The Kier molecular flexibility index (Phi) is 4.15. The van der Waals surface area contributed by atoms with Crippen molar-refractivity contribution in [2.24, 2.45) is 5.92 Å². The molecule has 0 spiro atoms. The average molecular weight is 353 g/mol. The predicted molar refractivity (Wildman–Crippen MR) is 113 cm³/mol. The lowest BCUT2D eigenvalue weighted by molar-refractivity contribution is 0.815. The highest BCUT2D eigenvalue weighted by molar-refractivity contribution is 6.11. The molecule has 0 aliphatic rings. The Labute approximate surface area is 158 Å². The fourth-order valence-electron chi connectivity index (χ4n) is 3.73.